The van der Waals surface area contributed by atoms with Crippen LogP contribution in [0.2, 0.25) is 0 Å². The van der Waals surface area contributed by atoms with Gasteiger partial charge in [-0.3, -0.25) is 4.79 Å². The average molecular weight is 402 g/mol. The molecule has 0 atom stereocenters. The summed E-state index contributed by atoms with van der Waals surface area (Å²) in [5.74, 6) is 1.59. The number of carbonyl (C=O) groups is 1. The number of rotatable bonds is 1. The van der Waals surface area contributed by atoms with Crippen molar-refractivity contribution < 1.29 is 14.3 Å². The number of aryl methyl sites for hydroxylation is 1. The second-order valence-corrected chi connectivity index (χ2v) is 7.32. The summed E-state index contributed by atoms with van der Waals surface area (Å²) in [5.41, 5.74) is 3.27. The third-order valence-corrected chi connectivity index (χ3v) is 5.29. The van der Waals surface area contributed by atoms with E-state index in [9.17, 15) is 4.79 Å². The summed E-state index contributed by atoms with van der Waals surface area (Å²) >= 11 is 0. The molecule has 0 radical (unpaired) electrons. The van der Waals surface area contributed by atoms with Crippen molar-refractivity contribution in [3.05, 3.63) is 66.0 Å². The average Bonchev–Trinajstić information content (AvgIpc) is 3.45. The zero-order valence-corrected chi connectivity index (χ0v) is 16.5. The molecule has 2 aromatic heterocycles. The van der Waals surface area contributed by atoms with Gasteiger partial charge < -0.3 is 19.4 Å². The van der Waals surface area contributed by atoms with Gasteiger partial charge in [-0.15, -0.1) is 0 Å². The van der Waals surface area contributed by atoms with Gasteiger partial charge in [0, 0.05) is 18.9 Å². The molecule has 0 unspecified atom stereocenters. The van der Waals surface area contributed by atoms with E-state index in [0.29, 0.717) is 37.0 Å². The number of carbonyl (C=O) groups excluding carboxylic acids is 1. The number of fused-ring (bicyclic) bond motifs is 5. The summed E-state index contributed by atoms with van der Waals surface area (Å²) in [6.45, 7) is 2.52. The summed E-state index contributed by atoms with van der Waals surface area (Å²) in [4.78, 5) is 22.2. The fraction of sp³-hybridized carbons (Fsp3) is 0.261. The van der Waals surface area contributed by atoms with Crippen LogP contribution in [0.25, 0.3) is 17.1 Å². The zero-order chi connectivity index (χ0) is 20.3. The zero-order valence-electron chi connectivity index (χ0n) is 16.5. The van der Waals surface area contributed by atoms with E-state index in [1.807, 2.05) is 42.6 Å². The van der Waals surface area contributed by atoms with Gasteiger partial charge in [-0.1, -0.05) is 18.2 Å². The maximum absolute atomic E-state index is 13.1. The lowest BCUT2D eigenvalue weighted by molar-refractivity contribution is 0.102. The summed E-state index contributed by atoms with van der Waals surface area (Å²) < 4.78 is 13.5. The highest BCUT2D eigenvalue weighted by Crippen LogP contribution is 2.28. The smallest absolute Gasteiger partial charge is 0.260 e. The lowest BCUT2D eigenvalue weighted by Gasteiger charge is -2.15. The number of hydrogen-bond acceptors (Lipinski definition) is 5. The molecule has 0 spiro atoms. The van der Waals surface area contributed by atoms with E-state index in [0.717, 1.165) is 42.0 Å². The number of pyridine rings is 1. The van der Waals surface area contributed by atoms with Crippen LogP contribution < -0.4 is 10.1 Å². The third-order valence-electron chi connectivity index (χ3n) is 5.29. The van der Waals surface area contributed by atoms with Gasteiger partial charge in [0.05, 0.1) is 25.4 Å². The van der Waals surface area contributed by atoms with E-state index >= 15 is 0 Å². The quantitative estimate of drug-likeness (QED) is 0.670. The Morgan fingerprint density at radius 1 is 1.13 bits per heavy atom. The molecule has 1 amide bonds. The SMILES string of the molecule is O=C1Nc2cccc(n2)-c2nccn2CCCCOc2ccc(C3=CCOC3)cc21. The normalized spacial score (nSPS) is 16.5. The van der Waals surface area contributed by atoms with Gasteiger partial charge in [-0.2, -0.15) is 0 Å². The highest BCUT2D eigenvalue weighted by Gasteiger charge is 2.18. The Balaban J connectivity index is 1.52. The van der Waals surface area contributed by atoms with Crippen molar-refractivity contribution in [2.24, 2.45) is 0 Å². The minimum atomic E-state index is -0.253. The molecule has 0 saturated carbocycles. The minimum absolute atomic E-state index is 0.253. The first-order valence-corrected chi connectivity index (χ1v) is 10.1. The second-order valence-electron chi connectivity index (χ2n) is 7.32. The van der Waals surface area contributed by atoms with E-state index in [1.165, 1.54) is 0 Å². The van der Waals surface area contributed by atoms with Crippen molar-refractivity contribution in [3.8, 4) is 17.3 Å². The third kappa shape index (κ3) is 3.71. The van der Waals surface area contributed by atoms with Gasteiger partial charge >= 0.3 is 0 Å². The fourth-order valence-electron chi connectivity index (χ4n) is 3.72. The summed E-state index contributed by atoms with van der Waals surface area (Å²) in [6, 6.07) is 11.3. The summed E-state index contributed by atoms with van der Waals surface area (Å²) in [7, 11) is 0. The number of ether oxygens (including phenoxy) is 2. The molecule has 2 aliphatic heterocycles. The molecule has 3 aromatic rings. The van der Waals surface area contributed by atoms with Crippen molar-refractivity contribution in [2.45, 2.75) is 19.4 Å². The number of nitrogens with one attached hydrogen (secondary N) is 1. The molecular weight excluding hydrogens is 380 g/mol. The van der Waals surface area contributed by atoms with Crippen LogP contribution in [0, 0.1) is 0 Å². The Morgan fingerprint density at radius 2 is 2.10 bits per heavy atom. The Labute approximate surface area is 174 Å². The number of nitrogens with zero attached hydrogens (tertiary/aromatic N) is 3. The van der Waals surface area contributed by atoms with E-state index in [4.69, 9.17) is 9.47 Å². The van der Waals surface area contributed by atoms with Crippen LogP contribution in [-0.4, -0.2) is 40.3 Å². The van der Waals surface area contributed by atoms with E-state index in [-0.39, 0.29) is 5.91 Å². The van der Waals surface area contributed by atoms with Crippen molar-refractivity contribution in [1.29, 1.82) is 0 Å². The number of benzene rings is 1. The van der Waals surface area contributed by atoms with Crippen LogP contribution >= 0.6 is 0 Å². The van der Waals surface area contributed by atoms with Crippen LogP contribution in [0.5, 0.6) is 5.75 Å². The number of hydrogen-bond donors (Lipinski definition) is 1. The molecule has 1 N–H and O–H groups in total. The molecule has 2 aliphatic rings. The van der Waals surface area contributed by atoms with Gasteiger partial charge in [-0.05, 0) is 48.2 Å². The van der Waals surface area contributed by atoms with Crippen LogP contribution in [0.4, 0.5) is 5.82 Å². The minimum Gasteiger partial charge on any atom is -0.493 e. The van der Waals surface area contributed by atoms with Crippen LogP contribution in [0.1, 0.15) is 28.8 Å². The predicted molar refractivity (Wildman–Crippen MR) is 113 cm³/mol. The number of aromatic nitrogens is 3. The van der Waals surface area contributed by atoms with Gasteiger partial charge in [0.1, 0.15) is 17.3 Å². The molecule has 0 fully saturated rings. The molecule has 30 heavy (non-hydrogen) atoms. The summed E-state index contributed by atoms with van der Waals surface area (Å²) in [5, 5.41) is 2.91. The van der Waals surface area contributed by atoms with Crippen molar-refractivity contribution in [3.63, 3.8) is 0 Å². The first-order valence-electron chi connectivity index (χ1n) is 10.1. The van der Waals surface area contributed by atoms with Crippen molar-refractivity contribution >= 4 is 17.3 Å². The van der Waals surface area contributed by atoms with E-state index in [2.05, 4.69) is 19.9 Å². The molecule has 4 heterocycles. The maximum atomic E-state index is 13.1. The predicted octanol–water partition coefficient (Wildman–Crippen LogP) is 3.78. The first kappa shape index (κ1) is 18.6. The number of imidazole rings is 1. The molecular formula is C23H22N4O3. The first-order chi connectivity index (χ1) is 14.8. The highest BCUT2D eigenvalue weighted by atomic mass is 16.5. The summed E-state index contributed by atoms with van der Waals surface area (Å²) in [6.07, 6.45) is 7.57. The van der Waals surface area contributed by atoms with Crippen molar-refractivity contribution in [1.82, 2.24) is 14.5 Å². The molecule has 7 heteroatoms. The monoisotopic (exact) mass is 402 g/mol. The molecule has 0 saturated heterocycles. The Kier molecular flexibility index (Phi) is 5.03. The Bertz CT molecular complexity index is 1120. The van der Waals surface area contributed by atoms with Gasteiger partial charge in [0.2, 0.25) is 0 Å². The molecule has 5 rings (SSSR count). The lowest BCUT2D eigenvalue weighted by atomic mass is 10.0. The van der Waals surface area contributed by atoms with Crippen LogP contribution in [0.15, 0.2) is 54.9 Å². The van der Waals surface area contributed by atoms with Crippen LogP contribution in [-0.2, 0) is 11.3 Å². The number of amides is 1. The highest BCUT2D eigenvalue weighted by molar-refractivity contribution is 6.06. The Morgan fingerprint density at radius 3 is 3.00 bits per heavy atom. The maximum Gasteiger partial charge on any atom is 0.260 e. The molecule has 1 aromatic carbocycles. The topological polar surface area (TPSA) is 78.3 Å². The fourth-order valence-corrected chi connectivity index (χ4v) is 3.72. The van der Waals surface area contributed by atoms with Crippen LogP contribution in [0.3, 0.4) is 0 Å². The van der Waals surface area contributed by atoms with Gasteiger partial charge in [0.15, 0.2) is 5.82 Å². The molecule has 7 nitrogen and oxygen atoms in total. The molecule has 152 valence electrons. The molecule has 2 bridgehead atoms. The number of anilines is 1. The lowest BCUT2D eigenvalue weighted by Crippen LogP contribution is -2.16. The largest absolute Gasteiger partial charge is 0.493 e. The molecule has 0 aliphatic carbocycles. The second kappa shape index (κ2) is 8.12. The van der Waals surface area contributed by atoms with Crippen molar-refractivity contribution in [2.75, 3.05) is 25.1 Å². The Hall–Kier alpha value is -3.45. The van der Waals surface area contributed by atoms with Gasteiger partial charge in [0.25, 0.3) is 5.91 Å². The van der Waals surface area contributed by atoms with E-state index < -0.39 is 0 Å². The van der Waals surface area contributed by atoms with E-state index in [1.54, 1.807) is 12.3 Å². The standard InChI is InChI=1S/C23H22N4O3/c28-23-18-14-16(17-8-13-29-15-17)6-7-20(18)30-12-2-1-10-27-11-9-24-22(27)19-4-3-5-21(25-19)26-23/h3-9,11,14H,1-2,10,12-13,15H2,(H,25,26,28). The van der Waals surface area contributed by atoms with Gasteiger partial charge in [-0.25, -0.2) is 9.97 Å².